The van der Waals surface area contributed by atoms with E-state index in [0.29, 0.717) is 25.9 Å². The van der Waals surface area contributed by atoms with E-state index in [1.165, 1.54) is 32.7 Å². The third kappa shape index (κ3) is 6.33. The second-order valence-electron chi connectivity index (χ2n) is 11.1. The van der Waals surface area contributed by atoms with Gasteiger partial charge in [0.05, 0.1) is 0 Å². The number of carbonyl (C=O) groups excluding carboxylic acids is 1. The number of Topliss-reactive ketones (excluding diaryl/α,β-unsaturated/α-hetero) is 1. The molecule has 2 aromatic carbocycles. The number of hydrogen-bond donors (Lipinski definition) is 1. The van der Waals surface area contributed by atoms with E-state index in [4.69, 9.17) is 0 Å². The molecule has 5 nitrogen and oxygen atoms in total. The number of benzene rings is 2. The van der Waals surface area contributed by atoms with E-state index in [0.717, 1.165) is 31.5 Å². The Balaban J connectivity index is 0.000000415. The van der Waals surface area contributed by atoms with E-state index in [-0.39, 0.29) is 23.6 Å². The molecule has 1 unspecified atom stereocenters. The average molecular weight is 583 g/mol. The van der Waals surface area contributed by atoms with Crippen molar-refractivity contribution in [2.45, 2.75) is 38.3 Å². The maximum atomic E-state index is 13.5. The van der Waals surface area contributed by atoms with Gasteiger partial charge in [-0.3, -0.25) is 4.79 Å². The molecule has 2 aliphatic heterocycles. The number of rotatable bonds is 3. The molecule has 1 fully saturated rings. The summed E-state index contributed by atoms with van der Waals surface area (Å²) >= 11 is 0. The molecule has 0 spiro atoms. The summed E-state index contributed by atoms with van der Waals surface area (Å²) in [6.07, 6.45) is 16.4. The van der Waals surface area contributed by atoms with Crippen molar-refractivity contribution >= 4 is 23.9 Å². The normalized spacial score (nSPS) is 18.9. The fraction of sp³-hybridized carbons (Fsp3) is 0.286. The van der Waals surface area contributed by atoms with Gasteiger partial charge in [0.2, 0.25) is 5.95 Å². The molecular formula is C35H33F3N4O. The van der Waals surface area contributed by atoms with Crippen LogP contribution in [0.5, 0.6) is 0 Å². The van der Waals surface area contributed by atoms with Crippen molar-refractivity contribution in [3.8, 4) is 11.1 Å². The number of aryl methyl sites for hydroxylation is 1. The van der Waals surface area contributed by atoms with E-state index in [1.54, 1.807) is 4.90 Å². The van der Waals surface area contributed by atoms with Gasteiger partial charge in [0.25, 0.3) is 0 Å². The number of piperidine rings is 1. The predicted octanol–water partition coefficient (Wildman–Crippen LogP) is 5.50. The first-order valence-electron chi connectivity index (χ1n) is 14.7. The van der Waals surface area contributed by atoms with Crippen LogP contribution in [0, 0.1) is 11.8 Å². The average Bonchev–Trinajstić information content (AvgIpc) is 3.37. The van der Waals surface area contributed by atoms with Gasteiger partial charge in [-0.15, -0.1) is 0 Å². The Kier molecular flexibility index (Phi) is 8.27. The van der Waals surface area contributed by atoms with Crippen molar-refractivity contribution in [1.82, 2.24) is 15.3 Å². The highest BCUT2D eigenvalue weighted by Crippen LogP contribution is 2.31. The van der Waals surface area contributed by atoms with Gasteiger partial charge in [-0.05, 0) is 83.0 Å². The second kappa shape index (κ2) is 12.4. The van der Waals surface area contributed by atoms with Crippen LogP contribution in [-0.4, -0.2) is 28.8 Å². The number of nitrogens with zero attached hydrogens (tertiary/aromatic N) is 3. The molecule has 0 bridgehead atoms. The minimum absolute atomic E-state index is 0.0799. The number of anilines is 1. The standard InChI is InChI=1S/C29H26F3N3O.C6H7N/c30-29(31,32)26-11-14-33-28(34-26)35-15-12-20(13-16-35)27(36)21-6-5-19-8-9-23-22-4-2-1-3-18(22)7-10-24(23)25(19)17-21;1-2-4-6-7-5-3-1/h1-4,8-11,14,17,20-21H,5-7,12-13,15-16H2;1-7H. The lowest BCUT2D eigenvalue weighted by atomic mass is 9.79. The van der Waals surface area contributed by atoms with Gasteiger partial charge in [-0.2, -0.15) is 13.2 Å². The van der Waals surface area contributed by atoms with Crippen LogP contribution in [0.2, 0.25) is 0 Å². The first kappa shape index (κ1) is 28.6. The highest BCUT2D eigenvalue weighted by atomic mass is 19.4. The van der Waals surface area contributed by atoms with Crippen LogP contribution in [0.15, 0.2) is 85.4 Å². The quantitative estimate of drug-likeness (QED) is 0.442. The number of aromatic nitrogens is 2. The molecule has 8 heteroatoms. The molecule has 220 valence electrons. The monoisotopic (exact) mass is 582 g/mol. The molecular weight excluding hydrogens is 549 g/mol. The highest BCUT2D eigenvalue weighted by Gasteiger charge is 2.35. The first-order valence-corrected chi connectivity index (χ1v) is 14.7. The molecule has 4 aliphatic rings. The Morgan fingerprint density at radius 3 is 2.40 bits per heavy atom. The maximum Gasteiger partial charge on any atom is 0.433 e. The molecule has 1 atom stereocenters. The van der Waals surface area contributed by atoms with Crippen molar-refractivity contribution in [3.63, 3.8) is 0 Å². The summed E-state index contributed by atoms with van der Waals surface area (Å²) in [5.74, 6) is 0.102. The summed E-state index contributed by atoms with van der Waals surface area (Å²) in [6, 6.07) is 13.8. The van der Waals surface area contributed by atoms with Crippen LogP contribution in [0.3, 0.4) is 0 Å². The highest BCUT2D eigenvalue weighted by molar-refractivity contribution is 5.89. The number of alkyl halides is 3. The molecule has 1 saturated heterocycles. The molecule has 1 N–H and O–H groups in total. The summed E-state index contributed by atoms with van der Waals surface area (Å²) in [5.41, 5.74) is 4.18. The summed E-state index contributed by atoms with van der Waals surface area (Å²) in [5, 5.41) is 5.36. The van der Waals surface area contributed by atoms with Gasteiger partial charge in [-0.1, -0.05) is 60.7 Å². The van der Waals surface area contributed by atoms with E-state index in [1.807, 2.05) is 36.7 Å². The Labute approximate surface area is 248 Å². The minimum atomic E-state index is -4.50. The number of ketones is 1. The number of carbonyl (C=O) groups is 1. The van der Waals surface area contributed by atoms with Crippen molar-refractivity contribution in [1.29, 1.82) is 0 Å². The Morgan fingerprint density at radius 1 is 0.860 bits per heavy atom. The van der Waals surface area contributed by atoms with Gasteiger partial charge < -0.3 is 10.2 Å². The molecule has 3 heterocycles. The van der Waals surface area contributed by atoms with Crippen molar-refractivity contribution in [2.24, 2.45) is 11.8 Å². The van der Waals surface area contributed by atoms with Crippen LogP contribution in [0.1, 0.15) is 36.1 Å². The van der Waals surface area contributed by atoms with Gasteiger partial charge in [0, 0.05) is 43.5 Å². The topological polar surface area (TPSA) is 58.1 Å². The maximum absolute atomic E-state index is 13.5. The van der Waals surface area contributed by atoms with Crippen LogP contribution in [-0.2, 0) is 23.8 Å². The van der Waals surface area contributed by atoms with Crippen LogP contribution in [0.4, 0.5) is 19.1 Å². The number of hydrogen-bond acceptors (Lipinski definition) is 5. The third-order valence-electron chi connectivity index (χ3n) is 8.50. The van der Waals surface area contributed by atoms with Crippen LogP contribution >= 0.6 is 0 Å². The molecule has 43 heavy (non-hydrogen) atoms. The SMILES string of the molecule is C1=CC=CNC=C1.O=C(C1C=c2c(ccc3c2=CCc2ccccc2-3)CC1)C1CCN(c2nccc(C(F)(F)F)n2)CC1. The molecule has 0 saturated carbocycles. The van der Waals surface area contributed by atoms with E-state index in [9.17, 15) is 18.0 Å². The Morgan fingerprint density at radius 2 is 1.63 bits per heavy atom. The Bertz CT molecular complexity index is 1700. The summed E-state index contributed by atoms with van der Waals surface area (Å²) in [6.45, 7) is 0.946. The lowest BCUT2D eigenvalue weighted by Crippen LogP contribution is -2.41. The molecule has 0 amide bonds. The molecule has 0 radical (unpaired) electrons. The smallest absolute Gasteiger partial charge is 0.368 e. The predicted molar refractivity (Wildman–Crippen MR) is 163 cm³/mol. The van der Waals surface area contributed by atoms with E-state index in [2.05, 4.69) is 63.8 Å². The Hall–Kier alpha value is -4.46. The first-order chi connectivity index (χ1) is 20.9. The third-order valence-corrected chi connectivity index (χ3v) is 8.50. The number of halogens is 3. The van der Waals surface area contributed by atoms with Crippen molar-refractivity contribution in [3.05, 3.63) is 113 Å². The van der Waals surface area contributed by atoms with Gasteiger partial charge in [0.15, 0.2) is 0 Å². The lowest BCUT2D eigenvalue weighted by molar-refractivity contribution is -0.141. The van der Waals surface area contributed by atoms with Crippen molar-refractivity contribution < 1.29 is 18.0 Å². The van der Waals surface area contributed by atoms with Gasteiger partial charge in [0.1, 0.15) is 11.5 Å². The molecule has 7 rings (SSSR count). The van der Waals surface area contributed by atoms with Crippen LogP contribution < -0.4 is 20.7 Å². The lowest BCUT2D eigenvalue weighted by Gasteiger charge is -2.33. The molecule has 2 aliphatic carbocycles. The van der Waals surface area contributed by atoms with E-state index >= 15 is 0 Å². The van der Waals surface area contributed by atoms with E-state index < -0.39 is 11.9 Å². The minimum Gasteiger partial charge on any atom is -0.368 e. The number of fused-ring (bicyclic) bond motifs is 5. The largest absolute Gasteiger partial charge is 0.433 e. The van der Waals surface area contributed by atoms with Crippen molar-refractivity contribution in [2.75, 3.05) is 18.0 Å². The van der Waals surface area contributed by atoms with Gasteiger partial charge >= 0.3 is 6.18 Å². The zero-order valence-corrected chi connectivity index (χ0v) is 23.7. The number of nitrogens with one attached hydrogen (secondary N) is 1. The zero-order valence-electron chi connectivity index (χ0n) is 23.7. The fourth-order valence-corrected chi connectivity index (χ4v) is 6.28. The zero-order chi connectivity index (χ0) is 29.8. The second-order valence-corrected chi connectivity index (χ2v) is 11.1. The van der Waals surface area contributed by atoms with Gasteiger partial charge in [-0.25, -0.2) is 9.97 Å². The fourth-order valence-electron chi connectivity index (χ4n) is 6.28. The molecule has 3 aromatic rings. The summed E-state index contributed by atoms with van der Waals surface area (Å²) in [4.78, 5) is 23.0. The summed E-state index contributed by atoms with van der Waals surface area (Å²) < 4.78 is 39.1. The number of allylic oxidation sites excluding steroid dienone is 4. The van der Waals surface area contributed by atoms with Crippen LogP contribution in [0.25, 0.3) is 23.3 Å². The molecule has 1 aromatic heterocycles. The summed E-state index contributed by atoms with van der Waals surface area (Å²) in [7, 11) is 0.